The van der Waals surface area contributed by atoms with Crippen LogP contribution < -0.4 is 20.1 Å². The topological polar surface area (TPSA) is 76.7 Å². The summed E-state index contributed by atoms with van der Waals surface area (Å²) in [4.78, 5) is 23.8. The highest BCUT2D eigenvalue weighted by molar-refractivity contribution is 5.97. The monoisotopic (exact) mass is 364 g/mol. The molecular formula is C18H18F2N2O4. The number of hydrogen-bond acceptors (Lipinski definition) is 4. The third-order valence-corrected chi connectivity index (χ3v) is 3.55. The summed E-state index contributed by atoms with van der Waals surface area (Å²) in [7, 11) is 2.83. The van der Waals surface area contributed by atoms with Gasteiger partial charge in [-0.15, -0.1) is 0 Å². The van der Waals surface area contributed by atoms with E-state index in [-0.39, 0.29) is 29.5 Å². The molecule has 0 bridgehead atoms. The molecule has 0 spiro atoms. The SMILES string of the molecule is CNC(=O)c1ccc(CNC(=O)c2cccc(OC)c2OC(F)F)cc1. The maximum Gasteiger partial charge on any atom is 0.387 e. The number of para-hydroxylation sites is 1. The number of carbonyl (C=O) groups is 2. The molecule has 0 aliphatic heterocycles. The fraction of sp³-hybridized carbons (Fsp3) is 0.222. The zero-order valence-electron chi connectivity index (χ0n) is 14.2. The Morgan fingerprint density at radius 1 is 1.08 bits per heavy atom. The average molecular weight is 364 g/mol. The van der Waals surface area contributed by atoms with Gasteiger partial charge in [-0.1, -0.05) is 18.2 Å². The van der Waals surface area contributed by atoms with Crippen molar-refractivity contribution < 1.29 is 27.8 Å². The second-order valence-electron chi connectivity index (χ2n) is 5.17. The number of benzene rings is 2. The van der Waals surface area contributed by atoms with E-state index in [0.29, 0.717) is 5.56 Å². The first kappa shape index (κ1) is 19.2. The van der Waals surface area contributed by atoms with Gasteiger partial charge in [0.1, 0.15) is 0 Å². The first-order chi connectivity index (χ1) is 12.5. The number of hydrogen-bond donors (Lipinski definition) is 2. The molecule has 0 aliphatic carbocycles. The Bertz CT molecular complexity index is 779. The molecule has 0 fully saturated rings. The van der Waals surface area contributed by atoms with Gasteiger partial charge in [0.05, 0.1) is 12.7 Å². The minimum atomic E-state index is -3.09. The maximum atomic E-state index is 12.6. The third-order valence-electron chi connectivity index (χ3n) is 3.55. The molecule has 0 radical (unpaired) electrons. The van der Waals surface area contributed by atoms with Crippen LogP contribution in [0.3, 0.4) is 0 Å². The summed E-state index contributed by atoms with van der Waals surface area (Å²) in [5, 5.41) is 5.13. The van der Waals surface area contributed by atoms with Gasteiger partial charge in [-0.25, -0.2) is 0 Å². The molecule has 2 N–H and O–H groups in total. The summed E-state index contributed by atoms with van der Waals surface area (Å²) in [5.74, 6) is -1.09. The van der Waals surface area contributed by atoms with Crippen LogP contribution in [0.1, 0.15) is 26.3 Å². The van der Waals surface area contributed by atoms with Crippen molar-refractivity contribution >= 4 is 11.8 Å². The summed E-state index contributed by atoms with van der Waals surface area (Å²) in [6.07, 6.45) is 0. The molecule has 0 unspecified atom stereocenters. The van der Waals surface area contributed by atoms with Gasteiger partial charge in [-0.3, -0.25) is 9.59 Å². The molecule has 0 aliphatic rings. The zero-order chi connectivity index (χ0) is 19.1. The first-order valence-electron chi connectivity index (χ1n) is 7.67. The fourth-order valence-corrected chi connectivity index (χ4v) is 2.26. The molecule has 0 atom stereocenters. The quantitative estimate of drug-likeness (QED) is 0.792. The number of alkyl halides is 2. The van der Waals surface area contributed by atoms with Crippen LogP contribution in [0, 0.1) is 0 Å². The summed E-state index contributed by atoms with van der Waals surface area (Å²) < 4.78 is 34.6. The van der Waals surface area contributed by atoms with Gasteiger partial charge in [0.25, 0.3) is 11.8 Å². The molecule has 2 aromatic carbocycles. The van der Waals surface area contributed by atoms with E-state index >= 15 is 0 Å². The van der Waals surface area contributed by atoms with Crippen molar-refractivity contribution in [3.05, 3.63) is 59.2 Å². The van der Waals surface area contributed by atoms with Crippen molar-refractivity contribution in [3.8, 4) is 11.5 Å². The van der Waals surface area contributed by atoms with Crippen molar-refractivity contribution in [2.45, 2.75) is 13.2 Å². The van der Waals surface area contributed by atoms with E-state index in [1.54, 1.807) is 24.3 Å². The van der Waals surface area contributed by atoms with E-state index < -0.39 is 12.5 Å². The second-order valence-corrected chi connectivity index (χ2v) is 5.17. The van der Waals surface area contributed by atoms with Crippen LogP contribution in [-0.2, 0) is 6.54 Å². The summed E-state index contributed by atoms with van der Waals surface area (Å²) in [5.41, 5.74) is 1.17. The number of ether oxygens (including phenoxy) is 2. The highest BCUT2D eigenvalue weighted by Gasteiger charge is 2.20. The van der Waals surface area contributed by atoms with Gasteiger partial charge in [-0.05, 0) is 29.8 Å². The predicted octanol–water partition coefficient (Wildman–Crippen LogP) is 2.59. The average Bonchev–Trinajstić information content (AvgIpc) is 2.65. The van der Waals surface area contributed by atoms with E-state index in [2.05, 4.69) is 15.4 Å². The molecule has 2 rings (SSSR count). The lowest BCUT2D eigenvalue weighted by atomic mass is 10.1. The lowest BCUT2D eigenvalue weighted by Crippen LogP contribution is -2.24. The molecule has 0 saturated heterocycles. The van der Waals surface area contributed by atoms with Crippen LogP contribution in [0.15, 0.2) is 42.5 Å². The van der Waals surface area contributed by atoms with Crippen molar-refractivity contribution in [1.29, 1.82) is 0 Å². The van der Waals surface area contributed by atoms with Crippen molar-refractivity contribution in [2.24, 2.45) is 0 Å². The lowest BCUT2D eigenvalue weighted by molar-refractivity contribution is -0.0515. The van der Waals surface area contributed by atoms with Crippen LogP contribution in [0.25, 0.3) is 0 Å². The molecule has 2 aromatic rings. The Labute approximate surface area is 149 Å². The van der Waals surface area contributed by atoms with E-state index in [4.69, 9.17) is 4.74 Å². The van der Waals surface area contributed by atoms with Crippen LogP contribution in [0.4, 0.5) is 8.78 Å². The van der Waals surface area contributed by atoms with Crippen LogP contribution in [0.2, 0.25) is 0 Å². The summed E-state index contributed by atoms with van der Waals surface area (Å²) >= 11 is 0. The van der Waals surface area contributed by atoms with Gasteiger partial charge in [0.15, 0.2) is 11.5 Å². The number of amides is 2. The standard InChI is InChI=1S/C18H18F2N2O4/c1-21-16(23)12-8-6-11(7-9-12)10-22-17(24)13-4-3-5-14(25-2)15(13)26-18(19)20/h3-9,18H,10H2,1-2H3,(H,21,23)(H,22,24). The zero-order valence-corrected chi connectivity index (χ0v) is 14.2. The normalized spacial score (nSPS) is 10.3. The minimum Gasteiger partial charge on any atom is -0.493 e. The third kappa shape index (κ3) is 4.69. The number of halogens is 2. The van der Waals surface area contributed by atoms with Crippen molar-refractivity contribution in [3.63, 3.8) is 0 Å². The summed E-state index contributed by atoms with van der Waals surface area (Å²) in [6, 6.07) is 10.9. The highest BCUT2D eigenvalue weighted by Crippen LogP contribution is 2.32. The molecule has 138 valence electrons. The lowest BCUT2D eigenvalue weighted by Gasteiger charge is -2.14. The Kier molecular flexibility index (Phi) is 6.48. The number of carbonyl (C=O) groups excluding carboxylic acids is 2. The predicted molar refractivity (Wildman–Crippen MR) is 90.6 cm³/mol. The van der Waals surface area contributed by atoms with E-state index in [0.717, 1.165) is 5.56 Å². The molecule has 8 heteroatoms. The molecule has 0 saturated carbocycles. The van der Waals surface area contributed by atoms with Crippen molar-refractivity contribution in [1.82, 2.24) is 10.6 Å². The number of nitrogens with one attached hydrogen (secondary N) is 2. The molecule has 0 heterocycles. The van der Waals surface area contributed by atoms with Gasteiger partial charge in [0.2, 0.25) is 0 Å². The Hall–Kier alpha value is -3.16. The Morgan fingerprint density at radius 2 is 1.77 bits per heavy atom. The molecule has 0 aromatic heterocycles. The second kappa shape index (κ2) is 8.80. The van der Waals surface area contributed by atoms with E-state index in [1.807, 2.05) is 0 Å². The minimum absolute atomic E-state index is 0.0351. The highest BCUT2D eigenvalue weighted by atomic mass is 19.3. The number of methoxy groups -OCH3 is 1. The Morgan fingerprint density at radius 3 is 2.35 bits per heavy atom. The van der Waals surface area contributed by atoms with Crippen LogP contribution >= 0.6 is 0 Å². The number of rotatable bonds is 7. The first-order valence-corrected chi connectivity index (χ1v) is 7.67. The molecular weight excluding hydrogens is 346 g/mol. The Balaban J connectivity index is 2.11. The van der Waals surface area contributed by atoms with Gasteiger partial charge in [0, 0.05) is 19.2 Å². The van der Waals surface area contributed by atoms with Gasteiger partial charge >= 0.3 is 6.61 Å². The van der Waals surface area contributed by atoms with Gasteiger partial charge in [-0.2, -0.15) is 8.78 Å². The van der Waals surface area contributed by atoms with E-state index in [1.165, 1.54) is 32.4 Å². The van der Waals surface area contributed by atoms with E-state index in [9.17, 15) is 18.4 Å². The van der Waals surface area contributed by atoms with Crippen molar-refractivity contribution in [2.75, 3.05) is 14.2 Å². The summed E-state index contributed by atoms with van der Waals surface area (Å²) in [6.45, 7) is -2.94. The van der Waals surface area contributed by atoms with Gasteiger partial charge < -0.3 is 20.1 Å². The largest absolute Gasteiger partial charge is 0.493 e. The smallest absolute Gasteiger partial charge is 0.387 e. The van der Waals surface area contributed by atoms with Crippen LogP contribution in [-0.4, -0.2) is 32.6 Å². The maximum absolute atomic E-state index is 12.6. The molecule has 6 nitrogen and oxygen atoms in total. The fourth-order valence-electron chi connectivity index (χ4n) is 2.26. The molecule has 2 amide bonds. The molecule has 26 heavy (non-hydrogen) atoms. The van der Waals surface area contributed by atoms with Crippen LogP contribution in [0.5, 0.6) is 11.5 Å².